The third-order valence-corrected chi connectivity index (χ3v) is 6.41. The summed E-state index contributed by atoms with van der Waals surface area (Å²) in [5.74, 6) is 0.125. The molecule has 2 aliphatic rings. The number of piperidine rings is 1. The summed E-state index contributed by atoms with van der Waals surface area (Å²) in [4.78, 5) is 34.4. The van der Waals surface area contributed by atoms with Gasteiger partial charge in [0.15, 0.2) is 0 Å². The third kappa shape index (κ3) is 5.68. The van der Waals surface area contributed by atoms with E-state index in [1.54, 1.807) is 23.2 Å². The molecule has 0 spiro atoms. The van der Waals surface area contributed by atoms with E-state index in [0.29, 0.717) is 50.8 Å². The van der Waals surface area contributed by atoms with Crippen molar-refractivity contribution in [3.8, 4) is 5.75 Å². The average Bonchev–Trinajstić information content (AvgIpc) is 2.84. The third-order valence-electron chi connectivity index (χ3n) is 6.41. The van der Waals surface area contributed by atoms with Crippen LogP contribution in [0.2, 0.25) is 0 Å². The van der Waals surface area contributed by atoms with E-state index in [1.165, 1.54) is 12.1 Å². The Kier molecular flexibility index (Phi) is 7.23. The normalized spacial score (nSPS) is 21.0. The van der Waals surface area contributed by atoms with Crippen LogP contribution in [0.1, 0.15) is 35.3 Å². The molecular formula is C25H30FN3O4. The summed E-state index contributed by atoms with van der Waals surface area (Å²) in [6.45, 7) is 5.37. The molecule has 0 unspecified atom stereocenters. The van der Waals surface area contributed by atoms with Crippen molar-refractivity contribution in [2.75, 3.05) is 46.0 Å². The molecule has 0 aliphatic carbocycles. The number of morpholine rings is 1. The summed E-state index contributed by atoms with van der Waals surface area (Å²) in [7, 11) is 0. The lowest BCUT2D eigenvalue weighted by Crippen LogP contribution is -2.52. The van der Waals surface area contributed by atoms with Crippen molar-refractivity contribution in [2.24, 2.45) is 5.41 Å². The number of hydrogen-bond acceptors (Lipinski definition) is 5. The molecular weight excluding hydrogens is 425 g/mol. The zero-order chi connectivity index (χ0) is 23.3. The quantitative estimate of drug-likeness (QED) is 0.670. The first-order valence-corrected chi connectivity index (χ1v) is 11.4. The lowest BCUT2D eigenvalue weighted by Gasteiger charge is -2.43. The lowest BCUT2D eigenvalue weighted by atomic mass is 9.77. The monoisotopic (exact) mass is 455 g/mol. The largest absolute Gasteiger partial charge is 0.493 e. The number of amides is 2. The molecule has 2 aliphatic heterocycles. The van der Waals surface area contributed by atoms with Crippen LogP contribution in [-0.4, -0.2) is 72.6 Å². The average molecular weight is 456 g/mol. The number of carbonyl (C=O) groups is 2. The van der Waals surface area contributed by atoms with Crippen LogP contribution in [-0.2, 0) is 9.53 Å². The molecule has 2 aromatic rings. The van der Waals surface area contributed by atoms with E-state index in [4.69, 9.17) is 9.47 Å². The van der Waals surface area contributed by atoms with Crippen molar-refractivity contribution >= 4 is 11.8 Å². The van der Waals surface area contributed by atoms with Crippen LogP contribution in [0.4, 0.5) is 4.39 Å². The Morgan fingerprint density at radius 1 is 1.12 bits per heavy atom. The van der Waals surface area contributed by atoms with Crippen LogP contribution in [0.15, 0.2) is 42.6 Å². The number of nitrogens with zero attached hydrogens (tertiary/aromatic N) is 3. The van der Waals surface area contributed by atoms with Gasteiger partial charge in [-0.2, -0.15) is 0 Å². The molecule has 1 aromatic carbocycles. The van der Waals surface area contributed by atoms with E-state index in [2.05, 4.69) is 4.98 Å². The van der Waals surface area contributed by atoms with E-state index < -0.39 is 5.41 Å². The minimum Gasteiger partial charge on any atom is -0.493 e. The fraction of sp³-hybridized carbons (Fsp3) is 0.480. The molecule has 33 heavy (non-hydrogen) atoms. The summed E-state index contributed by atoms with van der Waals surface area (Å²) in [6.07, 6.45) is 3.42. The van der Waals surface area contributed by atoms with Gasteiger partial charge in [0.25, 0.3) is 5.91 Å². The second-order valence-corrected chi connectivity index (χ2v) is 8.91. The van der Waals surface area contributed by atoms with Crippen LogP contribution in [0.5, 0.6) is 5.75 Å². The van der Waals surface area contributed by atoms with Crippen LogP contribution in [0.25, 0.3) is 0 Å². The number of likely N-dealkylation sites (tertiary alicyclic amines) is 1. The molecule has 2 amide bonds. The fourth-order valence-corrected chi connectivity index (χ4v) is 4.57. The summed E-state index contributed by atoms with van der Waals surface area (Å²) in [6, 6.07) is 9.54. The molecule has 3 heterocycles. The van der Waals surface area contributed by atoms with Gasteiger partial charge < -0.3 is 19.3 Å². The van der Waals surface area contributed by atoms with Gasteiger partial charge in [-0.1, -0.05) is 6.07 Å². The molecule has 176 valence electrons. The zero-order valence-corrected chi connectivity index (χ0v) is 19.0. The minimum atomic E-state index is -0.541. The molecule has 0 saturated carbocycles. The number of carbonyl (C=O) groups excluding carboxylic acids is 2. The molecule has 7 nitrogen and oxygen atoms in total. The Hall–Kier alpha value is -3.00. The van der Waals surface area contributed by atoms with Gasteiger partial charge in [-0.05, 0) is 55.7 Å². The Morgan fingerprint density at radius 2 is 1.88 bits per heavy atom. The van der Waals surface area contributed by atoms with Gasteiger partial charge in [-0.3, -0.25) is 14.6 Å². The molecule has 8 heteroatoms. The first-order valence-electron chi connectivity index (χ1n) is 11.4. The van der Waals surface area contributed by atoms with Crippen molar-refractivity contribution in [3.05, 3.63) is 59.7 Å². The molecule has 2 saturated heterocycles. The van der Waals surface area contributed by atoms with E-state index in [0.717, 1.165) is 18.4 Å². The maximum absolute atomic E-state index is 13.3. The van der Waals surface area contributed by atoms with Crippen LogP contribution in [0, 0.1) is 18.2 Å². The number of aromatic nitrogens is 1. The highest BCUT2D eigenvalue weighted by molar-refractivity contribution is 5.93. The standard InChI is InChI=1S/C25H30FN3O4/c1-19-4-2-10-27-23(19)24(31)29-11-3-9-25(17-29,16-22(30)28-12-14-32-15-13-28)18-33-21-7-5-20(26)6-8-21/h2,4-8,10H,3,9,11-18H2,1H3/t25-/m0/s1. The molecule has 4 rings (SSSR count). The summed E-state index contributed by atoms with van der Waals surface area (Å²) in [5.41, 5.74) is 0.721. The van der Waals surface area contributed by atoms with E-state index in [-0.39, 0.29) is 30.7 Å². The molecule has 0 N–H and O–H groups in total. The van der Waals surface area contributed by atoms with Crippen molar-refractivity contribution in [1.29, 1.82) is 0 Å². The second-order valence-electron chi connectivity index (χ2n) is 8.91. The van der Waals surface area contributed by atoms with Crippen LogP contribution in [0.3, 0.4) is 0 Å². The summed E-state index contributed by atoms with van der Waals surface area (Å²) >= 11 is 0. The Morgan fingerprint density at radius 3 is 2.61 bits per heavy atom. The van der Waals surface area contributed by atoms with Crippen molar-refractivity contribution in [2.45, 2.75) is 26.2 Å². The maximum atomic E-state index is 13.3. The van der Waals surface area contributed by atoms with Crippen LogP contribution >= 0.6 is 0 Å². The number of benzene rings is 1. The highest BCUT2D eigenvalue weighted by atomic mass is 19.1. The Bertz CT molecular complexity index is 978. The molecule has 2 fully saturated rings. The van der Waals surface area contributed by atoms with E-state index in [1.807, 2.05) is 24.0 Å². The second kappa shape index (κ2) is 10.3. The number of halogens is 1. The van der Waals surface area contributed by atoms with Gasteiger partial charge in [0.05, 0.1) is 19.8 Å². The highest BCUT2D eigenvalue weighted by Gasteiger charge is 2.41. The van der Waals surface area contributed by atoms with Gasteiger partial charge in [-0.25, -0.2) is 4.39 Å². The summed E-state index contributed by atoms with van der Waals surface area (Å²) in [5, 5.41) is 0. The van der Waals surface area contributed by atoms with Gasteiger partial charge in [0.1, 0.15) is 17.3 Å². The van der Waals surface area contributed by atoms with E-state index >= 15 is 0 Å². The number of rotatable bonds is 6. The van der Waals surface area contributed by atoms with Gasteiger partial charge in [-0.15, -0.1) is 0 Å². The number of aryl methyl sites for hydroxylation is 1. The number of hydrogen-bond donors (Lipinski definition) is 0. The lowest BCUT2D eigenvalue weighted by molar-refractivity contribution is -0.139. The maximum Gasteiger partial charge on any atom is 0.272 e. The predicted molar refractivity (Wildman–Crippen MR) is 120 cm³/mol. The van der Waals surface area contributed by atoms with Crippen molar-refractivity contribution in [3.63, 3.8) is 0 Å². The number of pyridine rings is 1. The zero-order valence-electron chi connectivity index (χ0n) is 19.0. The van der Waals surface area contributed by atoms with Crippen LogP contribution < -0.4 is 4.74 Å². The smallest absolute Gasteiger partial charge is 0.272 e. The molecule has 1 atom stereocenters. The topological polar surface area (TPSA) is 72.0 Å². The first kappa shape index (κ1) is 23.2. The SMILES string of the molecule is Cc1cccnc1C(=O)N1CCC[C@](COc2ccc(F)cc2)(CC(=O)N2CCOCC2)C1. The van der Waals surface area contributed by atoms with Crippen molar-refractivity contribution in [1.82, 2.24) is 14.8 Å². The number of ether oxygens (including phenoxy) is 2. The molecule has 0 bridgehead atoms. The first-order chi connectivity index (χ1) is 16.0. The van der Waals surface area contributed by atoms with Gasteiger partial charge in [0.2, 0.25) is 5.91 Å². The molecule has 1 aromatic heterocycles. The highest BCUT2D eigenvalue weighted by Crippen LogP contribution is 2.36. The summed E-state index contributed by atoms with van der Waals surface area (Å²) < 4.78 is 24.7. The fourth-order valence-electron chi connectivity index (χ4n) is 4.57. The van der Waals surface area contributed by atoms with Gasteiger partial charge >= 0.3 is 0 Å². The minimum absolute atomic E-state index is 0.0457. The van der Waals surface area contributed by atoms with Gasteiger partial charge in [0, 0.05) is 44.2 Å². The molecule has 0 radical (unpaired) electrons. The van der Waals surface area contributed by atoms with Crippen molar-refractivity contribution < 1.29 is 23.5 Å². The Labute approximate surface area is 193 Å². The Balaban J connectivity index is 1.54. The van der Waals surface area contributed by atoms with E-state index in [9.17, 15) is 14.0 Å². The predicted octanol–water partition coefficient (Wildman–Crippen LogP) is 3.08.